The summed E-state index contributed by atoms with van der Waals surface area (Å²) in [4.78, 5) is 0. The average Bonchev–Trinajstić information content (AvgIpc) is 2.19. The number of nitrogens with one attached hydrogen (secondary N) is 1. The smallest absolute Gasteiger partial charge is 0.314 e. The summed E-state index contributed by atoms with van der Waals surface area (Å²) in [5.41, 5.74) is 0. The second kappa shape index (κ2) is 9.75. The van der Waals surface area contributed by atoms with Crippen LogP contribution in [0, 0.1) is 0 Å². The molecule has 0 aliphatic heterocycles. The Morgan fingerprint density at radius 1 is 0.941 bits per heavy atom. The minimum atomic E-state index is -4.05. The summed E-state index contributed by atoms with van der Waals surface area (Å²) in [5.74, 6) is 0. The molecule has 0 saturated heterocycles. The molecular formula is C13H26F3N. The van der Waals surface area contributed by atoms with Crippen molar-refractivity contribution in [3.63, 3.8) is 0 Å². The third-order valence-electron chi connectivity index (χ3n) is 2.81. The maximum absolute atomic E-state index is 12.0. The van der Waals surface area contributed by atoms with Crippen LogP contribution in [0.4, 0.5) is 13.2 Å². The predicted octanol–water partition coefficient (Wildman–Crippen LogP) is 4.67. The van der Waals surface area contributed by atoms with Crippen molar-refractivity contribution < 1.29 is 13.2 Å². The van der Waals surface area contributed by atoms with Crippen LogP contribution in [0.2, 0.25) is 0 Å². The van der Waals surface area contributed by atoms with Gasteiger partial charge in [0.25, 0.3) is 0 Å². The van der Waals surface area contributed by atoms with E-state index in [0.717, 1.165) is 12.8 Å². The SMILES string of the molecule is CCCCCCCCCNC(C)CC(F)(F)F. The van der Waals surface area contributed by atoms with Crippen LogP contribution in [0.15, 0.2) is 0 Å². The van der Waals surface area contributed by atoms with E-state index in [4.69, 9.17) is 0 Å². The monoisotopic (exact) mass is 253 g/mol. The van der Waals surface area contributed by atoms with E-state index in [0.29, 0.717) is 6.54 Å². The molecule has 0 heterocycles. The zero-order chi connectivity index (χ0) is 13.1. The minimum absolute atomic E-state index is 0.463. The number of unbranched alkanes of at least 4 members (excludes halogenated alkanes) is 6. The zero-order valence-electron chi connectivity index (χ0n) is 11.1. The number of rotatable bonds is 10. The van der Waals surface area contributed by atoms with Gasteiger partial charge in [0, 0.05) is 6.04 Å². The van der Waals surface area contributed by atoms with Crippen molar-refractivity contribution in [1.29, 1.82) is 0 Å². The zero-order valence-corrected chi connectivity index (χ0v) is 11.1. The fourth-order valence-corrected chi connectivity index (χ4v) is 1.85. The quantitative estimate of drug-likeness (QED) is 0.558. The second-order valence-electron chi connectivity index (χ2n) is 4.80. The van der Waals surface area contributed by atoms with Gasteiger partial charge in [0.1, 0.15) is 0 Å². The first kappa shape index (κ1) is 16.8. The minimum Gasteiger partial charge on any atom is -0.314 e. The Morgan fingerprint density at radius 3 is 2.00 bits per heavy atom. The maximum Gasteiger partial charge on any atom is 0.390 e. The van der Waals surface area contributed by atoms with Crippen LogP contribution in [0.1, 0.15) is 65.2 Å². The van der Waals surface area contributed by atoms with Crippen molar-refractivity contribution in [3.05, 3.63) is 0 Å². The summed E-state index contributed by atoms with van der Waals surface area (Å²) in [5, 5.41) is 2.92. The first-order chi connectivity index (χ1) is 7.95. The Morgan fingerprint density at radius 2 is 1.47 bits per heavy atom. The van der Waals surface area contributed by atoms with E-state index in [2.05, 4.69) is 12.2 Å². The fourth-order valence-electron chi connectivity index (χ4n) is 1.85. The van der Waals surface area contributed by atoms with E-state index < -0.39 is 18.6 Å². The number of hydrogen-bond donors (Lipinski definition) is 1. The summed E-state index contributed by atoms with van der Waals surface area (Å²) in [6, 6.07) is -0.463. The van der Waals surface area contributed by atoms with E-state index in [1.54, 1.807) is 6.92 Å². The molecule has 0 spiro atoms. The predicted molar refractivity (Wildman–Crippen MR) is 66.1 cm³/mol. The molecule has 1 atom stereocenters. The largest absolute Gasteiger partial charge is 0.390 e. The van der Waals surface area contributed by atoms with Crippen LogP contribution in [0.3, 0.4) is 0 Å². The Bertz CT molecular complexity index is 169. The van der Waals surface area contributed by atoms with Gasteiger partial charge in [-0.05, 0) is 19.9 Å². The van der Waals surface area contributed by atoms with Crippen molar-refractivity contribution >= 4 is 0 Å². The highest BCUT2D eigenvalue weighted by molar-refractivity contribution is 4.65. The van der Waals surface area contributed by atoms with Crippen LogP contribution in [0.25, 0.3) is 0 Å². The van der Waals surface area contributed by atoms with Crippen LogP contribution in [0.5, 0.6) is 0 Å². The van der Waals surface area contributed by atoms with Gasteiger partial charge in [0.15, 0.2) is 0 Å². The van der Waals surface area contributed by atoms with Gasteiger partial charge in [0.05, 0.1) is 6.42 Å². The summed E-state index contributed by atoms with van der Waals surface area (Å²) in [6.07, 6.45) is 3.60. The summed E-state index contributed by atoms with van der Waals surface area (Å²) < 4.78 is 36.0. The average molecular weight is 253 g/mol. The normalized spacial score (nSPS) is 13.9. The second-order valence-corrected chi connectivity index (χ2v) is 4.80. The van der Waals surface area contributed by atoms with Gasteiger partial charge in [-0.15, -0.1) is 0 Å². The first-order valence-corrected chi connectivity index (χ1v) is 6.76. The van der Waals surface area contributed by atoms with E-state index >= 15 is 0 Å². The van der Waals surface area contributed by atoms with Gasteiger partial charge in [0.2, 0.25) is 0 Å². The summed E-state index contributed by atoms with van der Waals surface area (Å²) in [6.45, 7) is 4.48. The molecule has 0 amide bonds. The van der Waals surface area contributed by atoms with Crippen molar-refractivity contribution in [1.82, 2.24) is 5.32 Å². The summed E-state index contributed by atoms with van der Waals surface area (Å²) >= 11 is 0. The molecule has 0 aromatic rings. The molecule has 1 N–H and O–H groups in total. The van der Waals surface area contributed by atoms with Gasteiger partial charge < -0.3 is 5.32 Å². The Balaban J connectivity index is 3.22. The van der Waals surface area contributed by atoms with Gasteiger partial charge in [-0.3, -0.25) is 0 Å². The van der Waals surface area contributed by atoms with Crippen LogP contribution in [-0.4, -0.2) is 18.8 Å². The molecule has 0 saturated carbocycles. The Hall–Kier alpha value is -0.250. The van der Waals surface area contributed by atoms with Crippen molar-refractivity contribution in [2.24, 2.45) is 0 Å². The lowest BCUT2D eigenvalue weighted by Gasteiger charge is -2.15. The Labute approximate surface area is 103 Å². The molecule has 0 fully saturated rings. The number of halogens is 3. The molecule has 0 aromatic heterocycles. The third kappa shape index (κ3) is 13.7. The Kier molecular flexibility index (Phi) is 9.60. The molecule has 17 heavy (non-hydrogen) atoms. The van der Waals surface area contributed by atoms with Crippen molar-refractivity contribution in [3.8, 4) is 0 Å². The molecule has 0 radical (unpaired) electrons. The molecule has 0 aromatic carbocycles. The fraction of sp³-hybridized carbons (Fsp3) is 1.00. The molecule has 0 rings (SSSR count). The van der Waals surface area contributed by atoms with Gasteiger partial charge >= 0.3 is 6.18 Å². The molecule has 0 aliphatic rings. The van der Waals surface area contributed by atoms with E-state index in [9.17, 15) is 13.2 Å². The maximum atomic E-state index is 12.0. The van der Waals surface area contributed by atoms with Gasteiger partial charge in [-0.2, -0.15) is 13.2 Å². The van der Waals surface area contributed by atoms with Crippen molar-refractivity contribution in [2.45, 2.75) is 77.4 Å². The molecule has 1 nitrogen and oxygen atoms in total. The molecule has 4 heteroatoms. The van der Waals surface area contributed by atoms with Crippen LogP contribution >= 0.6 is 0 Å². The lowest BCUT2D eigenvalue weighted by Crippen LogP contribution is -2.31. The highest BCUT2D eigenvalue weighted by Gasteiger charge is 2.29. The molecule has 1 unspecified atom stereocenters. The first-order valence-electron chi connectivity index (χ1n) is 6.76. The van der Waals surface area contributed by atoms with E-state index in [-0.39, 0.29) is 0 Å². The van der Waals surface area contributed by atoms with Crippen molar-refractivity contribution in [2.75, 3.05) is 6.54 Å². The number of alkyl halides is 3. The van der Waals surface area contributed by atoms with Crippen LogP contribution < -0.4 is 5.32 Å². The molecule has 104 valence electrons. The molecule has 0 bridgehead atoms. The third-order valence-corrected chi connectivity index (χ3v) is 2.81. The van der Waals surface area contributed by atoms with Gasteiger partial charge in [-0.1, -0.05) is 45.4 Å². The van der Waals surface area contributed by atoms with E-state index in [1.807, 2.05) is 0 Å². The number of hydrogen-bond acceptors (Lipinski definition) is 1. The highest BCUT2D eigenvalue weighted by atomic mass is 19.4. The topological polar surface area (TPSA) is 12.0 Å². The molecule has 0 aliphatic carbocycles. The lowest BCUT2D eigenvalue weighted by molar-refractivity contribution is -0.139. The highest BCUT2D eigenvalue weighted by Crippen LogP contribution is 2.21. The summed E-state index contributed by atoms with van der Waals surface area (Å²) in [7, 11) is 0. The standard InChI is InChI=1S/C13H26F3N/c1-3-4-5-6-7-8-9-10-17-12(2)11-13(14,15)16/h12,17H,3-11H2,1-2H3. The van der Waals surface area contributed by atoms with Crippen LogP contribution in [-0.2, 0) is 0 Å². The van der Waals surface area contributed by atoms with E-state index in [1.165, 1.54) is 32.1 Å². The van der Waals surface area contributed by atoms with Gasteiger partial charge in [-0.25, -0.2) is 0 Å². The lowest BCUT2D eigenvalue weighted by atomic mass is 10.1. The molecular weight excluding hydrogens is 227 g/mol.